The average molecular weight is 715 g/mol. The van der Waals surface area contributed by atoms with Crippen LogP contribution in [0.1, 0.15) is 148 Å². The molecule has 0 rings (SSSR count). The zero-order chi connectivity index (χ0) is 37.6. The topological polar surface area (TPSA) is 280 Å². The molecule has 0 radical (unpaired) electrons. The Labute approximate surface area is 295 Å². The molecule has 288 valence electrons. The highest BCUT2D eigenvalue weighted by molar-refractivity contribution is 5.86. The van der Waals surface area contributed by atoms with Gasteiger partial charge in [-0.05, 0) is 44.9 Å². The lowest BCUT2D eigenvalue weighted by molar-refractivity contribution is -0.143. The molecule has 2 unspecified atom stereocenters. The predicted molar refractivity (Wildman–Crippen MR) is 186 cm³/mol. The molecule has 0 aromatic carbocycles. The molecule has 0 bridgehead atoms. The Kier molecular flexibility index (Phi) is 27.8. The van der Waals surface area contributed by atoms with Gasteiger partial charge in [-0.3, -0.25) is 29.8 Å². The molecule has 0 fully saturated rings. The maximum atomic E-state index is 12.4. The van der Waals surface area contributed by atoms with Crippen LogP contribution in [0.5, 0.6) is 0 Å². The summed E-state index contributed by atoms with van der Waals surface area (Å²) in [4.78, 5) is 81.7. The fourth-order valence-corrected chi connectivity index (χ4v) is 5.38. The Morgan fingerprint density at radius 2 is 0.860 bits per heavy atom. The van der Waals surface area contributed by atoms with Gasteiger partial charge in [0.05, 0.1) is 6.04 Å². The van der Waals surface area contributed by atoms with Crippen molar-refractivity contribution in [3.05, 3.63) is 0 Å². The summed E-state index contributed by atoms with van der Waals surface area (Å²) in [5.41, 5.74) is 7.49. The van der Waals surface area contributed by atoms with Gasteiger partial charge < -0.3 is 37.0 Å². The second-order valence-corrected chi connectivity index (χ2v) is 12.8. The Hall–Kier alpha value is -3.79. The molecule has 0 aliphatic rings. The molecule has 3 atom stereocenters. The molecule has 0 saturated carbocycles. The van der Waals surface area contributed by atoms with E-state index in [1.165, 1.54) is 32.1 Å². The highest BCUT2D eigenvalue weighted by Gasteiger charge is 2.24. The third-order valence-electron chi connectivity index (χ3n) is 8.42. The van der Waals surface area contributed by atoms with E-state index >= 15 is 0 Å². The largest absolute Gasteiger partial charge is 0.481 e. The molecule has 0 aliphatic carbocycles. The number of amides is 4. The first-order valence-electron chi connectivity index (χ1n) is 18.2. The van der Waals surface area contributed by atoms with E-state index in [0.29, 0.717) is 32.2 Å². The SMILES string of the molecule is NNC(CCCCNC(=O)CCC(NC(=O)CC[C@@H](NC(=O)CCCCCCCCCCCCCCCCC(=O)O)C(=O)O)C(=O)O)C(N)=O. The minimum atomic E-state index is -1.35. The summed E-state index contributed by atoms with van der Waals surface area (Å²) in [6.45, 7) is 0.296. The van der Waals surface area contributed by atoms with Crippen LogP contribution in [0.2, 0.25) is 0 Å². The second-order valence-electron chi connectivity index (χ2n) is 12.8. The van der Waals surface area contributed by atoms with E-state index < -0.39 is 59.7 Å². The summed E-state index contributed by atoms with van der Waals surface area (Å²) in [5.74, 6) is -0.235. The molecular formula is C34H62N6O10. The van der Waals surface area contributed by atoms with Crippen LogP contribution in [0, 0.1) is 0 Å². The zero-order valence-electron chi connectivity index (χ0n) is 29.6. The number of carboxylic acid groups (broad SMARTS) is 3. The monoisotopic (exact) mass is 714 g/mol. The van der Waals surface area contributed by atoms with Crippen molar-refractivity contribution in [2.24, 2.45) is 11.6 Å². The van der Waals surface area contributed by atoms with Gasteiger partial charge in [0, 0.05) is 32.2 Å². The van der Waals surface area contributed by atoms with Gasteiger partial charge in [0.15, 0.2) is 0 Å². The first-order valence-corrected chi connectivity index (χ1v) is 18.2. The maximum Gasteiger partial charge on any atom is 0.326 e. The number of hydrogen-bond donors (Lipinski definition) is 9. The summed E-state index contributed by atoms with van der Waals surface area (Å²) in [5, 5.41) is 35.0. The van der Waals surface area contributed by atoms with Gasteiger partial charge in [-0.15, -0.1) is 0 Å². The van der Waals surface area contributed by atoms with E-state index in [0.717, 1.165) is 51.4 Å². The summed E-state index contributed by atoms with van der Waals surface area (Å²) in [7, 11) is 0. The molecule has 16 heteroatoms. The third kappa shape index (κ3) is 27.1. The van der Waals surface area contributed by atoms with Gasteiger partial charge in [-0.1, -0.05) is 77.0 Å². The number of hydrazine groups is 1. The van der Waals surface area contributed by atoms with Crippen molar-refractivity contribution in [1.82, 2.24) is 21.4 Å². The molecule has 16 nitrogen and oxygen atoms in total. The predicted octanol–water partition coefficient (Wildman–Crippen LogP) is 2.62. The van der Waals surface area contributed by atoms with Gasteiger partial charge in [0.2, 0.25) is 23.6 Å². The molecule has 50 heavy (non-hydrogen) atoms. The molecular weight excluding hydrogens is 652 g/mol. The molecule has 0 spiro atoms. The minimum Gasteiger partial charge on any atom is -0.481 e. The highest BCUT2D eigenvalue weighted by Crippen LogP contribution is 2.14. The molecule has 4 amide bonds. The van der Waals surface area contributed by atoms with Crippen LogP contribution in [0.15, 0.2) is 0 Å². The number of nitrogens with one attached hydrogen (secondary N) is 4. The summed E-state index contributed by atoms with van der Waals surface area (Å²) < 4.78 is 0. The first kappa shape index (κ1) is 46.2. The number of hydrogen-bond acceptors (Lipinski definition) is 9. The standard InChI is InChI=1S/C34H62N6O10/c35-32(46)25(40-36)17-15-16-24-37-28(41)22-20-26(33(47)48)39-30(43)23-21-27(34(49)50)38-29(42)18-13-11-9-7-5-3-1-2-4-6-8-10-12-14-19-31(44)45/h25-27,40H,1-24,36H2,(H2,35,46)(H,37,41)(H,38,42)(H,39,43)(H,44,45)(H,47,48)(H,49,50)/t25?,26?,27-/m1/s1. The van der Waals surface area contributed by atoms with Crippen molar-refractivity contribution in [2.75, 3.05) is 6.54 Å². The van der Waals surface area contributed by atoms with E-state index in [1.54, 1.807) is 0 Å². The number of aliphatic carboxylic acids is 3. The quantitative estimate of drug-likeness (QED) is 0.0264. The third-order valence-corrected chi connectivity index (χ3v) is 8.42. The lowest BCUT2D eigenvalue weighted by Crippen LogP contribution is -2.45. The lowest BCUT2D eigenvalue weighted by Gasteiger charge is -2.17. The lowest BCUT2D eigenvalue weighted by atomic mass is 10.0. The molecule has 0 aromatic rings. The number of unbranched alkanes of at least 4 members (excludes halogenated alkanes) is 14. The first-order chi connectivity index (χ1) is 23.9. The van der Waals surface area contributed by atoms with Crippen molar-refractivity contribution >= 4 is 41.5 Å². The summed E-state index contributed by atoms with van der Waals surface area (Å²) >= 11 is 0. The van der Waals surface area contributed by atoms with Gasteiger partial charge in [0.1, 0.15) is 12.1 Å². The van der Waals surface area contributed by atoms with E-state index in [1.807, 2.05) is 0 Å². The van der Waals surface area contributed by atoms with Crippen LogP contribution < -0.4 is 33.0 Å². The van der Waals surface area contributed by atoms with Crippen molar-refractivity contribution in [2.45, 2.75) is 166 Å². The Bertz CT molecular complexity index is 1030. The number of nitrogens with two attached hydrogens (primary N) is 2. The molecule has 0 aromatic heterocycles. The Balaban J connectivity index is 4.10. The van der Waals surface area contributed by atoms with Gasteiger partial charge in [0.25, 0.3) is 0 Å². The highest BCUT2D eigenvalue weighted by atomic mass is 16.4. The smallest absolute Gasteiger partial charge is 0.326 e. The van der Waals surface area contributed by atoms with Crippen molar-refractivity contribution < 1.29 is 48.9 Å². The van der Waals surface area contributed by atoms with Crippen LogP contribution in [0.3, 0.4) is 0 Å². The van der Waals surface area contributed by atoms with Crippen LogP contribution in [0.4, 0.5) is 0 Å². The van der Waals surface area contributed by atoms with Crippen molar-refractivity contribution in [3.63, 3.8) is 0 Å². The van der Waals surface area contributed by atoms with Crippen LogP contribution >= 0.6 is 0 Å². The maximum absolute atomic E-state index is 12.4. The zero-order valence-corrected chi connectivity index (χ0v) is 29.6. The molecule has 0 aliphatic heterocycles. The van der Waals surface area contributed by atoms with Crippen LogP contribution in [0.25, 0.3) is 0 Å². The van der Waals surface area contributed by atoms with Crippen molar-refractivity contribution in [1.29, 1.82) is 0 Å². The van der Waals surface area contributed by atoms with Gasteiger partial charge in [-0.2, -0.15) is 0 Å². The average Bonchev–Trinajstić information content (AvgIpc) is 3.05. The second kappa shape index (κ2) is 30.1. The summed E-state index contributed by atoms with van der Waals surface area (Å²) in [6.07, 6.45) is 15.7. The van der Waals surface area contributed by atoms with E-state index in [9.17, 15) is 43.8 Å². The fraction of sp³-hybridized carbons (Fsp3) is 0.794. The Morgan fingerprint density at radius 3 is 1.26 bits per heavy atom. The number of carbonyl (C=O) groups excluding carboxylic acids is 4. The van der Waals surface area contributed by atoms with E-state index in [4.69, 9.17) is 16.7 Å². The number of rotatable bonds is 34. The fourth-order valence-electron chi connectivity index (χ4n) is 5.38. The summed E-state index contributed by atoms with van der Waals surface area (Å²) in [6, 6.07) is -3.31. The van der Waals surface area contributed by atoms with Gasteiger partial charge >= 0.3 is 17.9 Å². The normalized spacial score (nSPS) is 12.7. The van der Waals surface area contributed by atoms with E-state index in [-0.39, 0.29) is 38.5 Å². The molecule has 0 saturated heterocycles. The minimum absolute atomic E-state index is 0.166. The van der Waals surface area contributed by atoms with Gasteiger partial charge in [-0.25, -0.2) is 15.0 Å². The number of primary amides is 1. The number of carbonyl (C=O) groups is 7. The number of carboxylic acids is 3. The van der Waals surface area contributed by atoms with Crippen LogP contribution in [-0.4, -0.2) is 81.5 Å². The molecule has 0 heterocycles. The Morgan fingerprint density at radius 1 is 0.460 bits per heavy atom. The molecule has 11 N–H and O–H groups in total. The van der Waals surface area contributed by atoms with E-state index in [2.05, 4.69) is 21.4 Å². The van der Waals surface area contributed by atoms with Crippen LogP contribution in [-0.2, 0) is 33.6 Å². The van der Waals surface area contributed by atoms with Crippen molar-refractivity contribution in [3.8, 4) is 0 Å².